The monoisotopic (exact) mass is 420 g/mol. The van der Waals surface area contributed by atoms with Gasteiger partial charge in [0.15, 0.2) is 0 Å². The Morgan fingerprint density at radius 2 is 1.34 bits per heavy atom. The van der Waals surface area contributed by atoms with Crippen molar-refractivity contribution in [1.82, 2.24) is 0 Å². The number of rotatable bonds is 13. The molecule has 1 aromatic carbocycles. The van der Waals surface area contributed by atoms with E-state index in [0.29, 0.717) is 18.4 Å². The summed E-state index contributed by atoms with van der Waals surface area (Å²) in [7, 11) is 0. The van der Waals surface area contributed by atoms with Gasteiger partial charge in [-0.15, -0.1) is 0 Å². The van der Waals surface area contributed by atoms with Gasteiger partial charge >= 0.3 is 0 Å². The molecule has 12 heteroatoms. The van der Waals surface area contributed by atoms with Gasteiger partial charge in [-0.05, 0) is 25.3 Å². The summed E-state index contributed by atoms with van der Waals surface area (Å²) in [4.78, 5) is 21.1. The Labute approximate surface area is 167 Å². The van der Waals surface area contributed by atoms with Crippen LogP contribution in [0.1, 0.15) is 30.9 Å². The summed E-state index contributed by atoms with van der Waals surface area (Å²) < 4.78 is 10.4. The number of nitro groups is 2. The highest BCUT2D eigenvalue weighted by Crippen LogP contribution is 2.31. The number of hydrogen-bond acceptors (Lipinski definition) is 10. The van der Waals surface area contributed by atoms with Crippen LogP contribution in [-0.2, 0) is 22.7 Å². The summed E-state index contributed by atoms with van der Waals surface area (Å²) in [6.07, 6.45) is 0.175. The molecule has 0 saturated heterocycles. The van der Waals surface area contributed by atoms with Crippen LogP contribution < -0.4 is 0 Å². The van der Waals surface area contributed by atoms with E-state index in [1.54, 1.807) is 0 Å². The minimum atomic E-state index is -0.699. The lowest BCUT2D eigenvalue weighted by Crippen LogP contribution is -2.07. The fourth-order valence-corrected chi connectivity index (χ4v) is 1.95. The van der Waals surface area contributed by atoms with Crippen molar-refractivity contribution in [2.24, 2.45) is 0 Å². The molecule has 1 aromatic rings. The van der Waals surface area contributed by atoms with Crippen molar-refractivity contribution in [2.75, 3.05) is 33.0 Å². The Hall–Kier alpha value is -2.22. The summed E-state index contributed by atoms with van der Waals surface area (Å²) in [6.45, 7) is 1.28. The number of hydrogen-bond donors (Lipinski definition) is 4. The fraction of sp³-hybridized carbons (Fsp3) is 0.647. The lowest BCUT2D eigenvalue weighted by molar-refractivity contribution is -0.396. The van der Waals surface area contributed by atoms with Gasteiger partial charge < -0.3 is 29.9 Å². The molecule has 166 valence electrons. The normalized spacial score (nSPS) is 11.5. The van der Waals surface area contributed by atoms with Crippen LogP contribution in [0.3, 0.4) is 0 Å². The first kappa shape index (κ1) is 26.8. The van der Waals surface area contributed by atoms with E-state index in [1.165, 1.54) is 19.1 Å². The van der Waals surface area contributed by atoms with E-state index in [-0.39, 0.29) is 51.8 Å². The number of ether oxygens (including phenoxy) is 2. The molecule has 0 aromatic heterocycles. The predicted octanol–water partition coefficient (Wildman–Crippen LogP) is 0.660. The lowest BCUT2D eigenvalue weighted by atomic mass is 10.1. The van der Waals surface area contributed by atoms with Crippen LogP contribution in [0.15, 0.2) is 12.1 Å². The van der Waals surface area contributed by atoms with Crippen molar-refractivity contribution in [1.29, 1.82) is 0 Å². The van der Waals surface area contributed by atoms with Crippen molar-refractivity contribution < 1.29 is 39.7 Å². The van der Waals surface area contributed by atoms with Crippen LogP contribution in [0.25, 0.3) is 0 Å². The van der Waals surface area contributed by atoms with Crippen molar-refractivity contribution >= 4 is 11.4 Å². The van der Waals surface area contributed by atoms with Gasteiger partial charge in [-0.25, -0.2) is 0 Å². The van der Waals surface area contributed by atoms with Gasteiger partial charge in [0.25, 0.3) is 11.4 Å². The Morgan fingerprint density at radius 3 is 1.69 bits per heavy atom. The van der Waals surface area contributed by atoms with Gasteiger partial charge in [0.2, 0.25) is 0 Å². The van der Waals surface area contributed by atoms with Crippen LogP contribution in [0.2, 0.25) is 0 Å². The first-order valence-electron chi connectivity index (χ1n) is 8.89. The van der Waals surface area contributed by atoms with Gasteiger partial charge in [-0.1, -0.05) is 0 Å². The van der Waals surface area contributed by atoms with E-state index in [2.05, 4.69) is 0 Å². The lowest BCUT2D eigenvalue weighted by Gasteiger charge is -2.09. The van der Waals surface area contributed by atoms with E-state index in [0.717, 1.165) is 0 Å². The van der Waals surface area contributed by atoms with Gasteiger partial charge in [0.05, 0.1) is 35.8 Å². The highest BCUT2D eigenvalue weighted by molar-refractivity contribution is 5.56. The Morgan fingerprint density at radius 1 is 0.931 bits per heavy atom. The summed E-state index contributed by atoms with van der Waals surface area (Å²) >= 11 is 0. The molecule has 1 unspecified atom stereocenters. The molecule has 0 spiro atoms. The second-order valence-electron chi connectivity index (χ2n) is 5.92. The zero-order valence-corrected chi connectivity index (χ0v) is 16.2. The summed E-state index contributed by atoms with van der Waals surface area (Å²) in [5.41, 5.74) is -0.643. The third kappa shape index (κ3) is 11.4. The van der Waals surface area contributed by atoms with E-state index in [1.807, 2.05) is 0 Å². The average molecular weight is 420 g/mol. The second-order valence-corrected chi connectivity index (χ2v) is 5.92. The smallest absolute Gasteiger partial charge is 0.282 e. The van der Waals surface area contributed by atoms with Crippen LogP contribution in [0, 0.1) is 20.2 Å². The zero-order valence-electron chi connectivity index (χ0n) is 16.2. The summed E-state index contributed by atoms with van der Waals surface area (Å²) in [6, 6.07) is 2.44. The fourth-order valence-electron chi connectivity index (χ4n) is 1.95. The Balaban J connectivity index is 0.00000139. The molecule has 1 rings (SSSR count). The number of aliphatic hydroxyl groups is 4. The van der Waals surface area contributed by atoms with Crippen molar-refractivity contribution in [2.45, 2.75) is 39.1 Å². The third-order valence-electron chi connectivity index (χ3n) is 3.33. The van der Waals surface area contributed by atoms with E-state index >= 15 is 0 Å². The molecule has 29 heavy (non-hydrogen) atoms. The first-order chi connectivity index (χ1) is 13.8. The standard InChI is InChI=1S/C14H20N2O8.C3H8O2/c17-3-1-5-23-9-11-7-13(15(19)20)12(10-24-6-2-4-18)14(8-11)16(21)22;1-3(5)2-4/h7-8,17-18H,1-6,9-10H2;3-5H,2H2,1H3. The number of aliphatic hydroxyl groups excluding tert-OH is 4. The molecular weight excluding hydrogens is 392 g/mol. The third-order valence-corrected chi connectivity index (χ3v) is 3.33. The maximum Gasteiger partial charge on any atom is 0.282 e. The van der Waals surface area contributed by atoms with Gasteiger partial charge in [0.1, 0.15) is 5.56 Å². The molecule has 0 fully saturated rings. The molecule has 12 nitrogen and oxygen atoms in total. The minimum absolute atomic E-state index is 0.0344. The predicted molar refractivity (Wildman–Crippen MR) is 101 cm³/mol. The molecule has 0 aliphatic carbocycles. The largest absolute Gasteiger partial charge is 0.396 e. The number of benzene rings is 1. The molecule has 0 aliphatic rings. The molecule has 0 amide bonds. The molecule has 4 N–H and O–H groups in total. The zero-order chi connectivity index (χ0) is 22.2. The molecular formula is C17H28N2O10. The number of nitro benzene ring substituents is 2. The second kappa shape index (κ2) is 15.7. The van der Waals surface area contributed by atoms with Crippen molar-refractivity contribution in [3.05, 3.63) is 43.5 Å². The highest BCUT2D eigenvalue weighted by Gasteiger charge is 2.26. The van der Waals surface area contributed by atoms with Gasteiger partial charge in [-0.2, -0.15) is 0 Å². The SMILES string of the molecule is CC(O)CO.O=[N+]([O-])c1cc(COCCCO)cc([N+](=O)[O-])c1COCCCO. The van der Waals surface area contributed by atoms with Crippen LogP contribution in [-0.4, -0.2) is 69.4 Å². The molecule has 0 bridgehead atoms. The van der Waals surface area contributed by atoms with Crippen molar-refractivity contribution in [3.8, 4) is 0 Å². The average Bonchev–Trinajstić information content (AvgIpc) is 2.68. The highest BCUT2D eigenvalue weighted by atomic mass is 16.6. The Bertz CT molecular complexity index is 589. The molecule has 1 atom stereocenters. The van der Waals surface area contributed by atoms with E-state index < -0.39 is 27.3 Å². The van der Waals surface area contributed by atoms with E-state index in [4.69, 9.17) is 29.9 Å². The van der Waals surface area contributed by atoms with Crippen LogP contribution in [0.5, 0.6) is 0 Å². The quantitative estimate of drug-likeness (QED) is 0.201. The number of nitrogens with zero attached hydrogens (tertiary/aromatic N) is 2. The topological polar surface area (TPSA) is 186 Å². The van der Waals surface area contributed by atoms with Gasteiger partial charge in [0, 0.05) is 38.6 Å². The molecule has 0 heterocycles. The van der Waals surface area contributed by atoms with Gasteiger partial charge in [-0.3, -0.25) is 20.2 Å². The molecule has 0 saturated carbocycles. The van der Waals surface area contributed by atoms with Crippen LogP contribution in [0.4, 0.5) is 11.4 Å². The van der Waals surface area contributed by atoms with E-state index in [9.17, 15) is 20.2 Å². The Kier molecular flexibility index (Phi) is 14.5. The molecule has 0 aliphatic heterocycles. The maximum atomic E-state index is 11.2. The maximum absolute atomic E-state index is 11.2. The molecule has 0 radical (unpaired) electrons. The minimum Gasteiger partial charge on any atom is -0.396 e. The van der Waals surface area contributed by atoms with Crippen molar-refractivity contribution in [3.63, 3.8) is 0 Å². The van der Waals surface area contributed by atoms with Crippen LogP contribution >= 0.6 is 0 Å². The summed E-state index contributed by atoms with van der Waals surface area (Å²) in [5, 5.41) is 55.8. The summed E-state index contributed by atoms with van der Waals surface area (Å²) in [5.74, 6) is 0. The first-order valence-corrected chi connectivity index (χ1v) is 8.89.